The molecule has 1 aliphatic rings. The van der Waals surface area contributed by atoms with Crippen LogP contribution in [0, 0.1) is 20.8 Å². The van der Waals surface area contributed by atoms with Gasteiger partial charge in [-0.15, -0.1) is 0 Å². The minimum Gasteiger partial charge on any atom is -0.361 e. The third kappa shape index (κ3) is 3.68. The van der Waals surface area contributed by atoms with Crippen molar-refractivity contribution in [3.05, 3.63) is 35.0 Å². The molecule has 3 heterocycles. The van der Waals surface area contributed by atoms with Crippen molar-refractivity contribution in [3.63, 3.8) is 0 Å². The number of carbonyl (C=O) groups excluding carboxylic acids is 1. The molecule has 130 valence electrons. The van der Waals surface area contributed by atoms with Gasteiger partial charge in [-0.05, 0) is 52.0 Å². The molecule has 0 N–H and O–H groups in total. The van der Waals surface area contributed by atoms with Gasteiger partial charge in [-0.3, -0.25) is 9.48 Å². The van der Waals surface area contributed by atoms with E-state index in [0.29, 0.717) is 12.8 Å². The zero-order valence-electron chi connectivity index (χ0n) is 14.8. The first-order valence-corrected chi connectivity index (χ1v) is 8.75. The standard InChI is InChI=1S/C18H26N4O2/c1-13-10-19-21(11-13)12-16-6-4-5-9-22(16)18(23)8-7-17-14(2)20-24-15(17)3/h10-11,16H,4-9,12H2,1-3H3/t16-/m1/s1. The summed E-state index contributed by atoms with van der Waals surface area (Å²) in [6.45, 7) is 7.51. The van der Waals surface area contributed by atoms with E-state index in [4.69, 9.17) is 4.52 Å². The van der Waals surface area contributed by atoms with Crippen molar-refractivity contribution >= 4 is 5.91 Å². The van der Waals surface area contributed by atoms with Crippen molar-refractivity contribution in [2.45, 2.75) is 65.5 Å². The van der Waals surface area contributed by atoms with Crippen LogP contribution >= 0.6 is 0 Å². The molecule has 3 rings (SSSR count). The van der Waals surface area contributed by atoms with Gasteiger partial charge in [-0.1, -0.05) is 5.16 Å². The lowest BCUT2D eigenvalue weighted by Gasteiger charge is -2.36. The van der Waals surface area contributed by atoms with Gasteiger partial charge in [-0.25, -0.2) is 0 Å². The topological polar surface area (TPSA) is 64.2 Å². The fourth-order valence-electron chi connectivity index (χ4n) is 3.54. The molecule has 6 nitrogen and oxygen atoms in total. The molecule has 1 fully saturated rings. The first-order valence-electron chi connectivity index (χ1n) is 8.75. The minimum atomic E-state index is 0.226. The van der Waals surface area contributed by atoms with Gasteiger partial charge in [-0.2, -0.15) is 5.10 Å². The van der Waals surface area contributed by atoms with Gasteiger partial charge < -0.3 is 9.42 Å². The van der Waals surface area contributed by atoms with Gasteiger partial charge in [0.05, 0.1) is 24.5 Å². The van der Waals surface area contributed by atoms with E-state index in [9.17, 15) is 4.79 Å². The predicted molar refractivity (Wildman–Crippen MR) is 90.6 cm³/mol. The van der Waals surface area contributed by atoms with Crippen LogP contribution < -0.4 is 0 Å². The molecule has 1 atom stereocenters. The summed E-state index contributed by atoms with van der Waals surface area (Å²) in [6.07, 6.45) is 8.44. The van der Waals surface area contributed by atoms with Crippen LogP contribution in [0.4, 0.5) is 0 Å². The first-order chi connectivity index (χ1) is 11.5. The maximum atomic E-state index is 12.8. The highest BCUT2D eigenvalue weighted by Crippen LogP contribution is 2.21. The second-order valence-electron chi connectivity index (χ2n) is 6.78. The number of rotatable bonds is 5. The molecule has 0 aromatic carbocycles. The van der Waals surface area contributed by atoms with E-state index in [1.807, 2.05) is 37.8 Å². The highest BCUT2D eigenvalue weighted by Gasteiger charge is 2.27. The Morgan fingerprint density at radius 3 is 2.83 bits per heavy atom. The highest BCUT2D eigenvalue weighted by atomic mass is 16.5. The van der Waals surface area contributed by atoms with Crippen LogP contribution in [0.3, 0.4) is 0 Å². The van der Waals surface area contributed by atoms with Crippen LogP contribution in [-0.4, -0.2) is 38.3 Å². The average molecular weight is 330 g/mol. The summed E-state index contributed by atoms with van der Waals surface area (Å²) in [5, 5.41) is 8.34. The summed E-state index contributed by atoms with van der Waals surface area (Å²) >= 11 is 0. The van der Waals surface area contributed by atoms with Crippen LogP contribution in [0.5, 0.6) is 0 Å². The SMILES string of the molecule is Cc1cnn(C[C@H]2CCCCN2C(=O)CCc2c(C)noc2C)c1. The van der Waals surface area contributed by atoms with Crippen molar-refractivity contribution in [3.8, 4) is 0 Å². The average Bonchev–Trinajstić information content (AvgIpc) is 3.11. The quantitative estimate of drug-likeness (QED) is 0.845. The second-order valence-corrected chi connectivity index (χ2v) is 6.78. The van der Waals surface area contributed by atoms with E-state index in [2.05, 4.69) is 15.2 Å². The smallest absolute Gasteiger partial charge is 0.223 e. The molecular formula is C18H26N4O2. The van der Waals surface area contributed by atoms with Crippen LogP contribution in [0.25, 0.3) is 0 Å². The number of aryl methyl sites for hydroxylation is 3. The largest absolute Gasteiger partial charge is 0.361 e. The van der Waals surface area contributed by atoms with Gasteiger partial charge in [0.25, 0.3) is 0 Å². The number of amides is 1. The van der Waals surface area contributed by atoms with Crippen molar-refractivity contribution < 1.29 is 9.32 Å². The summed E-state index contributed by atoms with van der Waals surface area (Å²) in [6, 6.07) is 0.246. The molecule has 24 heavy (non-hydrogen) atoms. The van der Waals surface area contributed by atoms with Crippen molar-refractivity contribution in [2.75, 3.05) is 6.54 Å². The highest BCUT2D eigenvalue weighted by molar-refractivity contribution is 5.77. The van der Waals surface area contributed by atoms with Crippen molar-refractivity contribution in [1.29, 1.82) is 0 Å². The van der Waals surface area contributed by atoms with Gasteiger partial charge in [0.2, 0.25) is 5.91 Å². The lowest BCUT2D eigenvalue weighted by molar-refractivity contribution is -0.135. The number of carbonyl (C=O) groups is 1. The fourth-order valence-corrected chi connectivity index (χ4v) is 3.54. The molecule has 2 aromatic rings. The summed E-state index contributed by atoms with van der Waals surface area (Å²) < 4.78 is 7.15. The maximum absolute atomic E-state index is 12.8. The molecule has 0 spiro atoms. The zero-order valence-corrected chi connectivity index (χ0v) is 14.8. The maximum Gasteiger partial charge on any atom is 0.223 e. The molecule has 0 aliphatic carbocycles. The first kappa shape index (κ1) is 16.7. The van der Waals surface area contributed by atoms with E-state index in [-0.39, 0.29) is 11.9 Å². The van der Waals surface area contributed by atoms with Gasteiger partial charge in [0.15, 0.2) is 0 Å². The monoisotopic (exact) mass is 330 g/mol. The van der Waals surface area contributed by atoms with Crippen LogP contribution in [-0.2, 0) is 17.8 Å². The zero-order chi connectivity index (χ0) is 17.1. The van der Waals surface area contributed by atoms with E-state index >= 15 is 0 Å². The lowest BCUT2D eigenvalue weighted by atomic mass is 10.0. The molecule has 0 radical (unpaired) electrons. The molecule has 2 aromatic heterocycles. The van der Waals surface area contributed by atoms with Gasteiger partial charge in [0.1, 0.15) is 5.76 Å². The molecule has 0 bridgehead atoms. The van der Waals surface area contributed by atoms with Crippen LogP contribution in [0.15, 0.2) is 16.9 Å². The molecule has 1 aliphatic heterocycles. The van der Waals surface area contributed by atoms with Crippen molar-refractivity contribution in [2.24, 2.45) is 0 Å². The van der Waals surface area contributed by atoms with Crippen molar-refractivity contribution in [1.82, 2.24) is 19.8 Å². The van der Waals surface area contributed by atoms with E-state index in [1.165, 1.54) is 6.42 Å². The molecule has 1 amide bonds. The Morgan fingerprint density at radius 1 is 1.33 bits per heavy atom. The van der Waals surface area contributed by atoms with Gasteiger partial charge >= 0.3 is 0 Å². The number of piperidine rings is 1. The normalized spacial score (nSPS) is 18.1. The Hall–Kier alpha value is -2.11. The third-order valence-electron chi connectivity index (χ3n) is 4.88. The van der Waals surface area contributed by atoms with E-state index in [0.717, 1.165) is 48.5 Å². The third-order valence-corrected chi connectivity index (χ3v) is 4.88. The molecular weight excluding hydrogens is 304 g/mol. The predicted octanol–water partition coefficient (Wildman–Crippen LogP) is 2.81. The number of hydrogen-bond donors (Lipinski definition) is 0. The second kappa shape index (κ2) is 7.20. The summed E-state index contributed by atoms with van der Waals surface area (Å²) in [5.74, 6) is 1.05. The lowest BCUT2D eigenvalue weighted by Crippen LogP contribution is -2.46. The number of hydrogen-bond acceptors (Lipinski definition) is 4. The molecule has 6 heteroatoms. The molecule has 1 saturated heterocycles. The van der Waals surface area contributed by atoms with E-state index in [1.54, 1.807) is 0 Å². The number of aromatic nitrogens is 3. The Labute approximate surface area is 142 Å². The fraction of sp³-hybridized carbons (Fsp3) is 0.611. The van der Waals surface area contributed by atoms with E-state index < -0.39 is 0 Å². The van der Waals surface area contributed by atoms with Crippen LogP contribution in [0.2, 0.25) is 0 Å². The molecule has 0 saturated carbocycles. The number of likely N-dealkylation sites (tertiary alicyclic amines) is 1. The Morgan fingerprint density at radius 2 is 2.17 bits per heavy atom. The van der Waals surface area contributed by atoms with Crippen LogP contribution in [0.1, 0.15) is 48.3 Å². The Kier molecular flexibility index (Phi) is 5.02. The summed E-state index contributed by atoms with van der Waals surface area (Å²) in [7, 11) is 0. The Balaban J connectivity index is 1.62. The summed E-state index contributed by atoms with van der Waals surface area (Å²) in [5.41, 5.74) is 3.12. The summed E-state index contributed by atoms with van der Waals surface area (Å²) in [4.78, 5) is 14.8. The Bertz CT molecular complexity index is 684. The molecule has 0 unspecified atom stereocenters. The number of nitrogens with zero attached hydrogens (tertiary/aromatic N) is 4. The van der Waals surface area contributed by atoms with Gasteiger partial charge in [0, 0.05) is 24.7 Å². The minimum absolute atomic E-state index is 0.226.